The Balaban J connectivity index is 1.65. The van der Waals surface area contributed by atoms with Gasteiger partial charge in [0.25, 0.3) is 5.56 Å². The number of pyridine rings is 1. The molecular weight excluding hydrogens is 346 g/mol. The molecule has 0 saturated carbocycles. The van der Waals surface area contributed by atoms with Crippen molar-refractivity contribution >= 4 is 11.8 Å². The molecule has 0 bridgehead atoms. The minimum Gasteiger partial charge on any atom is -0.379 e. The SMILES string of the molecule is CC(C)OCCCNC(=O)C1CCN(C(=O)CCn2ccccc2=O)CC1. The van der Waals surface area contributed by atoms with Gasteiger partial charge in [-0.15, -0.1) is 0 Å². The summed E-state index contributed by atoms with van der Waals surface area (Å²) in [5, 5.41) is 2.96. The molecule has 2 rings (SSSR count). The molecule has 1 saturated heterocycles. The molecule has 2 amide bonds. The Morgan fingerprint density at radius 3 is 2.67 bits per heavy atom. The molecule has 0 aromatic carbocycles. The van der Waals surface area contributed by atoms with Gasteiger partial charge in [-0.3, -0.25) is 14.4 Å². The van der Waals surface area contributed by atoms with E-state index in [0.717, 1.165) is 6.42 Å². The maximum atomic E-state index is 12.4. The summed E-state index contributed by atoms with van der Waals surface area (Å²) in [5.74, 6) is 0.0785. The third-order valence-electron chi connectivity index (χ3n) is 4.76. The number of piperidine rings is 1. The Kier molecular flexibility index (Phi) is 8.51. The summed E-state index contributed by atoms with van der Waals surface area (Å²) >= 11 is 0. The van der Waals surface area contributed by atoms with Crippen LogP contribution in [-0.2, 0) is 20.9 Å². The number of aromatic nitrogens is 1. The first kappa shape index (κ1) is 21.2. The van der Waals surface area contributed by atoms with Crippen molar-refractivity contribution in [2.24, 2.45) is 5.92 Å². The fourth-order valence-electron chi connectivity index (χ4n) is 3.16. The summed E-state index contributed by atoms with van der Waals surface area (Å²) in [5.41, 5.74) is -0.0977. The summed E-state index contributed by atoms with van der Waals surface area (Å²) in [6, 6.07) is 4.96. The van der Waals surface area contributed by atoms with Crippen LogP contribution in [0.3, 0.4) is 0 Å². The lowest BCUT2D eigenvalue weighted by Gasteiger charge is -2.31. The lowest BCUT2D eigenvalue weighted by atomic mass is 9.95. The second-order valence-corrected chi connectivity index (χ2v) is 7.20. The van der Waals surface area contributed by atoms with Crippen LogP contribution < -0.4 is 10.9 Å². The number of carbonyl (C=O) groups is 2. The van der Waals surface area contributed by atoms with E-state index in [1.54, 1.807) is 27.8 Å². The molecule has 0 radical (unpaired) electrons. The Morgan fingerprint density at radius 1 is 1.26 bits per heavy atom. The lowest BCUT2D eigenvalue weighted by molar-refractivity contribution is -0.135. The average Bonchev–Trinajstić information content (AvgIpc) is 2.66. The van der Waals surface area contributed by atoms with Crippen molar-refractivity contribution in [3.05, 3.63) is 34.7 Å². The highest BCUT2D eigenvalue weighted by molar-refractivity contribution is 5.80. The molecule has 150 valence electrons. The molecule has 1 aromatic heterocycles. The summed E-state index contributed by atoms with van der Waals surface area (Å²) in [6.07, 6.45) is 4.38. The predicted octanol–water partition coefficient (Wildman–Crippen LogP) is 1.41. The highest BCUT2D eigenvalue weighted by Gasteiger charge is 2.26. The van der Waals surface area contributed by atoms with Crippen LogP contribution in [0.4, 0.5) is 0 Å². The van der Waals surface area contributed by atoms with Crippen molar-refractivity contribution in [3.8, 4) is 0 Å². The predicted molar refractivity (Wildman–Crippen MR) is 103 cm³/mol. The number of hydrogen-bond acceptors (Lipinski definition) is 4. The Morgan fingerprint density at radius 2 is 2.00 bits per heavy atom. The third kappa shape index (κ3) is 7.17. The molecule has 0 atom stereocenters. The Bertz CT molecular complexity index is 663. The van der Waals surface area contributed by atoms with Gasteiger partial charge in [0.05, 0.1) is 6.10 Å². The number of likely N-dealkylation sites (tertiary alicyclic amines) is 1. The highest BCUT2D eigenvalue weighted by Crippen LogP contribution is 2.18. The Labute approximate surface area is 160 Å². The van der Waals surface area contributed by atoms with E-state index in [9.17, 15) is 14.4 Å². The molecule has 0 unspecified atom stereocenters. The largest absolute Gasteiger partial charge is 0.379 e. The number of aryl methyl sites for hydroxylation is 1. The molecule has 7 heteroatoms. The van der Waals surface area contributed by atoms with E-state index in [1.807, 2.05) is 13.8 Å². The molecule has 0 spiro atoms. The third-order valence-corrected chi connectivity index (χ3v) is 4.76. The van der Waals surface area contributed by atoms with Gasteiger partial charge in [0.1, 0.15) is 0 Å². The van der Waals surface area contributed by atoms with E-state index in [0.29, 0.717) is 52.0 Å². The van der Waals surface area contributed by atoms with E-state index in [4.69, 9.17) is 4.74 Å². The van der Waals surface area contributed by atoms with Crippen molar-refractivity contribution in [3.63, 3.8) is 0 Å². The van der Waals surface area contributed by atoms with E-state index >= 15 is 0 Å². The van der Waals surface area contributed by atoms with Gasteiger partial charge in [0, 0.05) is 57.4 Å². The topological polar surface area (TPSA) is 80.6 Å². The summed E-state index contributed by atoms with van der Waals surface area (Å²) in [6.45, 7) is 6.83. The molecule has 7 nitrogen and oxygen atoms in total. The zero-order valence-electron chi connectivity index (χ0n) is 16.4. The van der Waals surface area contributed by atoms with Gasteiger partial charge in [-0.2, -0.15) is 0 Å². The summed E-state index contributed by atoms with van der Waals surface area (Å²) in [4.78, 5) is 38.1. The first-order chi connectivity index (χ1) is 13.0. The Hall–Kier alpha value is -2.15. The highest BCUT2D eigenvalue weighted by atomic mass is 16.5. The van der Waals surface area contributed by atoms with E-state index in [-0.39, 0.29) is 29.4 Å². The number of nitrogens with zero attached hydrogens (tertiary/aromatic N) is 2. The monoisotopic (exact) mass is 377 g/mol. The number of hydrogen-bond donors (Lipinski definition) is 1. The van der Waals surface area contributed by atoms with Gasteiger partial charge in [0.2, 0.25) is 11.8 Å². The molecule has 1 aromatic rings. The van der Waals surface area contributed by atoms with Gasteiger partial charge in [-0.25, -0.2) is 0 Å². The van der Waals surface area contributed by atoms with Crippen molar-refractivity contribution in [1.29, 1.82) is 0 Å². The molecule has 1 aliphatic heterocycles. The van der Waals surface area contributed by atoms with Crippen molar-refractivity contribution in [2.45, 2.75) is 52.2 Å². The van der Waals surface area contributed by atoms with Gasteiger partial charge < -0.3 is 19.5 Å². The minimum absolute atomic E-state index is 0.0307. The molecule has 2 heterocycles. The van der Waals surface area contributed by atoms with Crippen LogP contribution in [0.1, 0.15) is 39.5 Å². The van der Waals surface area contributed by atoms with Crippen LogP contribution >= 0.6 is 0 Å². The number of ether oxygens (including phenoxy) is 1. The second kappa shape index (κ2) is 10.9. The fourth-order valence-corrected chi connectivity index (χ4v) is 3.16. The second-order valence-electron chi connectivity index (χ2n) is 7.20. The molecule has 1 fully saturated rings. The molecular formula is C20H31N3O4. The maximum absolute atomic E-state index is 12.4. The summed E-state index contributed by atoms with van der Waals surface area (Å²) < 4.78 is 7.00. The zero-order chi connectivity index (χ0) is 19.6. The molecule has 0 aliphatic carbocycles. The van der Waals surface area contributed by atoms with Crippen molar-refractivity contribution in [2.75, 3.05) is 26.2 Å². The number of nitrogens with one attached hydrogen (secondary N) is 1. The van der Waals surface area contributed by atoms with E-state index < -0.39 is 0 Å². The standard InChI is InChI=1S/C20H31N3O4/c1-16(2)27-15-5-10-21-20(26)17-7-12-23(13-8-17)19(25)9-14-22-11-4-3-6-18(22)24/h3-4,6,11,16-17H,5,7-10,12-15H2,1-2H3,(H,21,26). The fraction of sp³-hybridized carbons (Fsp3) is 0.650. The van der Waals surface area contributed by atoms with Gasteiger partial charge in [-0.1, -0.05) is 6.07 Å². The quantitative estimate of drug-likeness (QED) is 0.660. The van der Waals surface area contributed by atoms with E-state index in [1.165, 1.54) is 6.07 Å². The molecule has 1 aliphatic rings. The number of carbonyl (C=O) groups excluding carboxylic acids is 2. The molecule has 27 heavy (non-hydrogen) atoms. The maximum Gasteiger partial charge on any atom is 0.250 e. The van der Waals surface area contributed by atoms with Crippen LogP contribution in [0, 0.1) is 5.92 Å². The first-order valence-electron chi connectivity index (χ1n) is 9.80. The van der Waals surface area contributed by atoms with Crippen LogP contribution in [0.5, 0.6) is 0 Å². The van der Waals surface area contributed by atoms with Crippen LogP contribution in [0.15, 0.2) is 29.2 Å². The average molecular weight is 377 g/mol. The number of amides is 2. The van der Waals surface area contributed by atoms with Gasteiger partial charge in [0.15, 0.2) is 0 Å². The normalized spacial score (nSPS) is 15.1. The van der Waals surface area contributed by atoms with Crippen LogP contribution in [-0.4, -0.2) is 53.6 Å². The van der Waals surface area contributed by atoms with Gasteiger partial charge in [-0.05, 0) is 39.2 Å². The first-order valence-corrected chi connectivity index (χ1v) is 9.80. The smallest absolute Gasteiger partial charge is 0.250 e. The number of rotatable bonds is 9. The minimum atomic E-state index is -0.0977. The van der Waals surface area contributed by atoms with Crippen LogP contribution in [0.25, 0.3) is 0 Å². The van der Waals surface area contributed by atoms with Crippen LogP contribution in [0.2, 0.25) is 0 Å². The lowest BCUT2D eigenvalue weighted by Crippen LogP contribution is -2.43. The van der Waals surface area contributed by atoms with E-state index in [2.05, 4.69) is 5.32 Å². The van der Waals surface area contributed by atoms with Crippen molar-refractivity contribution in [1.82, 2.24) is 14.8 Å². The molecule has 1 N–H and O–H groups in total. The van der Waals surface area contributed by atoms with Crippen molar-refractivity contribution < 1.29 is 14.3 Å². The summed E-state index contributed by atoms with van der Waals surface area (Å²) in [7, 11) is 0. The van der Waals surface area contributed by atoms with Gasteiger partial charge >= 0.3 is 0 Å². The zero-order valence-corrected chi connectivity index (χ0v) is 16.4.